The monoisotopic (exact) mass is 205 g/mol. The molecule has 0 saturated heterocycles. The summed E-state index contributed by atoms with van der Waals surface area (Å²) in [5, 5.41) is 7.68. The van der Waals surface area contributed by atoms with E-state index in [9.17, 15) is 4.79 Å². The lowest BCUT2D eigenvalue weighted by atomic mass is 10.2. The fraction of sp³-hybridized carbons (Fsp3) is 0.200. The Morgan fingerprint density at radius 3 is 2.53 bits per heavy atom. The third-order valence-corrected chi connectivity index (χ3v) is 2.26. The van der Waals surface area contributed by atoms with Gasteiger partial charge in [0.15, 0.2) is 0 Å². The van der Waals surface area contributed by atoms with Crippen LogP contribution in [0.25, 0.3) is 5.69 Å². The standard InChI is InChI=1S/C10H11N3O2/c1-7-5-3-4-6-8(7)13-9(11)12(2)15-10(13)14/h3-6,11H,1-2H3. The first-order valence-electron chi connectivity index (χ1n) is 4.51. The minimum atomic E-state index is -0.545. The molecule has 0 unspecified atom stereocenters. The van der Waals surface area contributed by atoms with Crippen LogP contribution >= 0.6 is 0 Å². The summed E-state index contributed by atoms with van der Waals surface area (Å²) < 4.78 is 7.16. The lowest BCUT2D eigenvalue weighted by Crippen LogP contribution is -2.27. The number of nitrogens with one attached hydrogen (secondary N) is 1. The number of aryl methyl sites for hydroxylation is 2. The van der Waals surface area contributed by atoms with Crippen molar-refractivity contribution in [1.82, 2.24) is 9.31 Å². The number of nitrogens with zero attached hydrogens (tertiary/aromatic N) is 2. The van der Waals surface area contributed by atoms with E-state index in [2.05, 4.69) is 0 Å². The smallest absolute Gasteiger partial charge is 0.318 e. The topological polar surface area (TPSA) is 63.9 Å². The van der Waals surface area contributed by atoms with Crippen LogP contribution < -0.4 is 11.4 Å². The third kappa shape index (κ3) is 1.41. The molecule has 2 rings (SSSR count). The van der Waals surface area contributed by atoms with Crippen molar-refractivity contribution in [3.8, 4) is 5.69 Å². The summed E-state index contributed by atoms with van der Waals surface area (Å²) in [5.74, 6) is -0.545. The molecule has 2 aromatic rings. The molecular weight excluding hydrogens is 194 g/mol. The maximum absolute atomic E-state index is 11.5. The van der Waals surface area contributed by atoms with Crippen LogP contribution in [0.1, 0.15) is 5.56 Å². The molecule has 1 heterocycles. The Morgan fingerprint density at radius 1 is 1.33 bits per heavy atom. The Labute approximate surface area is 85.7 Å². The first-order valence-corrected chi connectivity index (χ1v) is 4.51. The number of rotatable bonds is 1. The second kappa shape index (κ2) is 3.27. The Bertz CT molecular complexity index is 604. The first-order chi connectivity index (χ1) is 7.11. The highest BCUT2D eigenvalue weighted by atomic mass is 16.5. The van der Waals surface area contributed by atoms with Crippen molar-refractivity contribution in [2.75, 3.05) is 0 Å². The summed E-state index contributed by atoms with van der Waals surface area (Å²) in [7, 11) is 1.53. The van der Waals surface area contributed by atoms with E-state index in [1.807, 2.05) is 25.1 Å². The average molecular weight is 205 g/mol. The second-order valence-electron chi connectivity index (χ2n) is 3.30. The van der Waals surface area contributed by atoms with E-state index in [1.165, 1.54) is 11.6 Å². The molecule has 0 amide bonds. The van der Waals surface area contributed by atoms with Crippen LogP contribution in [0.4, 0.5) is 0 Å². The van der Waals surface area contributed by atoms with Gasteiger partial charge in [0.2, 0.25) is 5.62 Å². The number of aromatic nitrogens is 2. The molecule has 15 heavy (non-hydrogen) atoms. The summed E-state index contributed by atoms with van der Waals surface area (Å²) in [6.45, 7) is 1.88. The summed E-state index contributed by atoms with van der Waals surface area (Å²) in [4.78, 5) is 11.5. The molecule has 1 aromatic carbocycles. The highest BCUT2D eigenvalue weighted by molar-refractivity contribution is 5.39. The second-order valence-corrected chi connectivity index (χ2v) is 3.30. The van der Waals surface area contributed by atoms with Crippen LogP contribution in [0, 0.1) is 12.3 Å². The number of para-hydroxylation sites is 1. The normalized spacial score (nSPS) is 10.5. The molecule has 0 bridgehead atoms. The van der Waals surface area contributed by atoms with Gasteiger partial charge in [-0.05, 0) is 18.6 Å². The molecule has 0 fully saturated rings. The van der Waals surface area contributed by atoms with Gasteiger partial charge in [-0.1, -0.05) is 18.2 Å². The molecule has 78 valence electrons. The van der Waals surface area contributed by atoms with E-state index in [1.54, 1.807) is 6.07 Å². The van der Waals surface area contributed by atoms with Crippen molar-refractivity contribution < 1.29 is 4.52 Å². The molecule has 0 atom stereocenters. The number of benzene rings is 1. The van der Waals surface area contributed by atoms with Crippen LogP contribution in [-0.4, -0.2) is 9.31 Å². The van der Waals surface area contributed by atoms with Crippen molar-refractivity contribution in [1.29, 1.82) is 5.41 Å². The molecule has 0 aliphatic heterocycles. The molecule has 1 N–H and O–H groups in total. The van der Waals surface area contributed by atoms with E-state index in [4.69, 9.17) is 9.93 Å². The van der Waals surface area contributed by atoms with E-state index in [-0.39, 0.29) is 5.62 Å². The highest BCUT2D eigenvalue weighted by Crippen LogP contribution is 2.08. The van der Waals surface area contributed by atoms with Gasteiger partial charge >= 0.3 is 5.76 Å². The zero-order chi connectivity index (χ0) is 11.0. The number of hydrogen-bond acceptors (Lipinski definition) is 3. The predicted octanol–water partition coefficient (Wildman–Crippen LogP) is 0.557. The Hall–Kier alpha value is -2.04. The van der Waals surface area contributed by atoms with Crippen molar-refractivity contribution in [3.05, 3.63) is 46.0 Å². The van der Waals surface area contributed by atoms with Gasteiger partial charge in [0, 0.05) is 7.05 Å². The van der Waals surface area contributed by atoms with E-state index < -0.39 is 5.76 Å². The minimum Gasteiger partial charge on any atom is -0.318 e. The van der Waals surface area contributed by atoms with Crippen LogP contribution in [-0.2, 0) is 7.05 Å². The average Bonchev–Trinajstić information content (AvgIpc) is 2.43. The summed E-state index contributed by atoms with van der Waals surface area (Å²) in [6.07, 6.45) is 0. The molecule has 0 aliphatic carbocycles. The molecule has 1 aromatic heterocycles. The quantitative estimate of drug-likeness (QED) is 0.739. The number of hydrogen-bond donors (Lipinski definition) is 1. The molecule has 5 nitrogen and oxygen atoms in total. The molecule has 5 heteroatoms. The summed E-state index contributed by atoms with van der Waals surface area (Å²) in [5.41, 5.74) is 1.63. The zero-order valence-electron chi connectivity index (χ0n) is 8.52. The third-order valence-electron chi connectivity index (χ3n) is 2.26. The summed E-state index contributed by atoms with van der Waals surface area (Å²) in [6, 6.07) is 7.37. The SMILES string of the molecule is Cc1ccccc1-n1c(=O)on(C)c1=N. The first kappa shape index (κ1) is 9.51. The molecular formula is C10H11N3O2. The Morgan fingerprint density at radius 2 is 2.00 bits per heavy atom. The summed E-state index contributed by atoms with van der Waals surface area (Å²) >= 11 is 0. The largest absolute Gasteiger partial charge is 0.446 e. The van der Waals surface area contributed by atoms with Crippen LogP contribution in [0.5, 0.6) is 0 Å². The van der Waals surface area contributed by atoms with Gasteiger partial charge in [-0.2, -0.15) is 4.74 Å². The molecule has 0 aliphatic rings. The van der Waals surface area contributed by atoms with Gasteiger partial charge < -0.3 is 4.52 Å². The lowest BCUT2D eigenvalue weighted by molar-refractivity contribution is 0.272. The van der Waals surface area contributed by atoms with Crippen molar-refractivity contribution in [2.24, 2.45) is 7.05 Å². The fourth-order valence-corrected chi connectivity index (χ4v) is 1.46. The van der Waals surface area contributed by atoms with Crippen molar-refractivity contribution >= 4 is 0 Å². The van der Waals surface area contributed by atoms with Crippen molar-refractivity contribution in [3.63, 3.8) is 0 Å². The van der Waals surface area contributed by atoms with Crippen LogP contribution in [0.2, 0.25) is 0 Å². The Balaban J connectivity index is 2.81. The van der Waals surface area contributed by atoms with Gasteiger partial charge in [-0.25, -0.2) is 9.36 Å². The van der Waals surface area contributed by atoms with Gasteiger partial charge in [-0.15, -0.1) is 0 Å². The highest BCUT2D eigenvalue weighted by Gasteiger charge is 2.09. The van der Waals surface area contributed by atoms with Gasteiger partial charge in [0.25, 0.3) is 0 Å². The minimum absolute atomic E-state index is 0.0225. The van der Waals surface area contributed by atoms with Gasteiger partial charge in [0.05, 0.1) is 5.69 Å². The maximum atomic E-state index is 11.5. The Kier molecular flexibility index (Phi) is 2.07. The van der Waals surface area contributed by atoms with Crippen molar-refractivity contribution in [2.45, 2.75) is 6.92 Å². The van der Waals surface area contributed by atoms with E-state index in [0.29, 0.717) is 5.69 Å². The van der Waals surface area contributed by atoms with Gasteiger partial charge in [0.1, 0.15) is 0 Å². The predicted molar refractivity (Wildman–Crippen MR) is 53.9 cm³/mol. The molecule has 0 saturated carbocycles. The van der Waals surface area contributed by atoms with Crippen LogP contribution in [0.3, 0.4) is 0 Å². The fourth-order valence-electron chi connectivity index (χ4n) is 1.46. The lowest BCUT2D eigenvalue weighted by Gasteiger charge is -2.02. The van der Waals surface area contributed by atoms with E-state index >= 15 is 0 Å². The maximum Gasteiger partial charge on any atom is 0.446 e. The molecule has 0 radical (unpaired) electrons. The van der Waals surface area contributed by atoms with E-state index in [0.717, 1.165) is 10.3 Å². The van der Waals surface area contributed by atoms with Gasteiger partial charge in [-0.3, -0.25) is 5.41 Å². The zero-order valence-corrected chi connectivity index (χ0v) is 8.52. The van der Waals surface area contributed by atoms with Crippen LogP contribution in [0.15, 0.2) is 33.6 Å². The molecule has 0 spiro atoms.